The lowest BCUT2D eigenvalue weighted by molar-refractivity contribution is -0.126. The van der Waals surface area contributed by atoms with Gasteiger partial charge in [-0.15, -0.1) is 0 Å². The van der Waals surface area contributed by atoms with Crippen LogP contribution in [0.5, 0.6) is 5.75 Å². The molecule has 3 heteroatoms. The predicted octanol–water partition coefficient (Wildman–Crippen LogP) is 2.32. The minimum atomic E-state index is -0.468. The molecule has 0 aliphatic heterocycles. The van der Waals surface area contributed by atoms with Crippen molar-refractivity contribution in [2.45, 2.75) is 32.8 Å². The van der Waals surface area contributed by atoms with Crippen LogP contribution in [-0.4, -0.2) is 19.1 Å². The molecule has 0 radical (unpaired) electrons. The summed E-state index contributed by atoms with van der Waals surface area (Å²) >= 11 is 0. The molecule has 0 bridgehead atoms. The first-order chi connectivity index (χ1) is 7.56. The molecule has 0 saturated carbocycles. The minimum Gasteiger partial charge on any atom is -0.481 e. The lowest BCUT2D eigenvalue weighted by Gasteiger charge is -2.17. The van der Waals surface area contributed by atoms with E-state index in [9.17, 15) is 4.79 Å². The maximum Gasteiger partial charge on any atom is 0.260 e. The normalized spacial score (nSPS) is 12.3. The van der Waals surface area contributed by atoms with Crippen molar-refractivity contribution in [1.29, 1.82) is 0 Å². The molecule has 16 heavy (non-hydrogen) atoms. The Bertz CT molecular complexity index is 361. The van der Waals surface area contributed by atoms with Crippen molar-refractivity contribution in [2.24, 2.45) is 0 Å². The molecular formula is C13H19NO2. The Balaban J connectivity index is 2.84. The van der Waals surface area contributed by atoms with Crippen molar-refractivity contribution in [2.75, 3.05) is 7.05 Å². The Morgan fingerprint density at radius 3 is 2.44 bits per heavy atom. The van der Waals surface area contributed by atoms with Gasteiger partial charge in [-0.05, 0) is 24.5 Å². The van der Waals surface area contributed by atoms with Gasteiger partial charge in [-0.3, -0.25) is 4.79 Å². The molecule has 0 aliphatic rings. The average Bonchev–Trinajstić information content (AvgIpc) is 2.28. The van der Waals surface area contributed by atoms with Gasteiger partial charge in [-0.25, -0.2) is 0 Å². The van der Waals surface area contributed by atoms with Crippen molar-refractivity contribution in [3.63, 3.8) is 0 Å². The molecule has 1 amide bonds. The van der Waals surface area contributed by atoms with Crippen LogP contribution in [0.3, 0.4) is 0 Å². The van der Waals surface area contributed by atoms with Crippen LogP contribution >= 0.6 is 0 Å². The van der Waals surface area contributed by atoms with Crippen LogP contribution in [0.15, 0.2) is 24.3 Å². The van der Waals surface area contributed by atoms with Crippen molar-refractivity contribution in [1.82, 2.24) is 5.32 Å². The van der Waals surface area contributed by atoms with E-state index in [0.717, 1.165) is 11.3 Å². The van der Waals surface area contributed by atoms with Gasteiger partial charge in [-0.2, -0.15) is 0 Å². The third-order valence-corrected chi connectivity index (χ3v) is 2.46. The lowest BCUT2D eigenvalue weighted by atomic mass is 10.0. The molecule has 1 aromatic rings. The first-order valence-corrected chi connectivity index (χ1v) is 5.53. The van der Waals surface area contributed by atoms with Crippen molar-refractivity contribution in [3.8, 4) is 5.75 Å². The highest BCUT2D eigenvalue weighted by Crippen LogP contribution is 2.26. The summed E-state index contributed by atoms with van der Waals surface area (Å²) < 4.78 is 5.65. The molecule has 0 unspecified atom stereocenters. The highest BCUT2D eigenvalue weighted by Gasteiger charge is 2.15. The SMILES string of the molecule is CNC(=O)[C@@H](C)Oc1ccccc1C(C)C. The highest BCUT2D eigenvalue weighted by atomic mass is 16.5. The van der Waals surface area contributed by atoms with Crippen molar-refractivity contribution >= 4 is 5.91 Å². The van der Waals surface area contributed by atoms with Gasteiger partial charge in [0.2, 0.25) is 0 Å². The number of likely N-dealkylation sites (N-methyl/N-ethyl adjacent to an activating group) is 1. The van der Waals surface area contributed by atoms with E-state index in [4.69, 9.17) is 4.74 Å². The monoisotopic (exact) mass is 221 g/mol. The Morgan fingerprint density at radius 2 is 1.88 bits per heavy atom. The van der Waals surface area contributed by atoms with Gasteiger partial charge in [0, 0.05) is 7.05 Å². The molecule has 88 valence electrons. The molecular weight excluding hydrogens is 202 g/mol. The number of para-hydroxylation sites is 1. The predicted molar refractivity (Wildman–Crippen MR) is 64.7 cm³/mol. The molecule has 0 aliphatic carbocycles. The molecule has 0 saturated heterocycles. The smallest absolute Gasteiger partial charge is 0.260 e. The quantitative estimate of drug-likeness (QED) is 0.847. The zero-order valence-corrected chi connectivity index (χ0v) is 10.3. The number of hydrogen-bond acceptors (Lipinski definition) is 2. The summed E-state index contributed by atoms with van der Waals surface area (Å²) in [4.78, 5) is 11.4. The third-order valence-electron chi connectivity index (χ3n) is 2.46. The number of carbonyl (C=O) groups excluding carboxylic acids is 1. The fourth-order valence-electron chi connectivity index (χ4n) is 1.51. The average molecular weight is 221 g/mol. The number of carbonyl (C=O) groups is 1. The second-order valence-electron chi connectivity index (χ2n) is 4.07. The molecule has 0 aromatic heterocycles. The zero-order valence-electron chi connectivity index (χ0n) is 10.3. The maximum atomic E-state index is 11.4. The second kappa shape index (κ2) is 5.54. The van der Waals surface area contributed by atoms with E-state index in [1.54, 1.807) is 14.0 Å². The summed E-state index contributed by atoms with van der Waals surface area (Å²) in [7, 11) is 1.61. The van der Waals surface area contributed by atoms with E-state index in [0.29, 0.717) is 5.92 Å². The summed E-state index contributed by atoms with van der Waals surface area (Å²) in [6, 6.07) is 7.82. The van der Waals surface area contributed by atoms with Gasteiger partial charge < -0.3 is 10.1 Å². The van der Waals surface area contributed by atoms with Gasteiger partial charge in [0.1, 0.15) is 5.75 Å². The van der Waals surface area contributed by atoms with Crippen LogP contribution in [0.25, 0.3) is 0 Å². The topological polar surface area (TPSA) is 38.3 Å². The molecule has 1 N–H and O–H groups in total. The van der Waals surface area contributed by atoms with Crippen LogP contribution in [0.2, 0.25) is 0 Å². The van der Waals surface area contributed by atoms with E-state index in [2.05, 4.69) is 19.2 Å². The van der Waals surface area contributed by atoms with Crippen LogP contribution < -0.4 is 10.1 Å². The number of amides is 1. The summed E-state index contributed by atoms with van der Waals surface area (Å²) in [5.74, 6) is 1.06. The Kier molecular flexibility index (Phi) is 4.35. The molecule has 1 atom stereocenters. The summed E-state index contributed by atoms with van der Waals surface area (Å²) in [6.07, 6.45) is -0.468. The molecule has 0 heterocycles. The molecule has 1 aromatic carbocycles. The molecule has 0 spiro atoms. The summed E-state index contributed by atoms with van der Waals surface area (Å²) in [5.41, 5.74) is 1.12. The van der Waals surface area contributed by atoms with Crippen molar-refractivity contribution in [3.05, 3.63) is 29.8 Å². The standard InChI is InChI=1S/C13H19NO2/c1-9(2)11-7-5-6-8-12(11)16-10(3)13(15)14-4/h5-10H,1-4H3,(H,14,15)/t10-/m1/s1. The van der Waals surface area contributed by atoms with Gasteiger partial charge in [0.15, 0.2) is 6.10 Å². The maximum absolute atomic E-state index is 11.4. The van der Waals surface area contributed by atoms with E-state index in [1.165, 1.54) is 0 Å². The van der Waals surface area contributed by atoms with Crippen molar-refractivity contribution < 1.29 is 9.53 Å². The number of hydrogen-bond donors (Lipinski definition) is 1. The van der Waals surface area contributed by atoms with Gasteiger partial charge in [0.25, 0.3) is 5.91 Å². The highest BCUT2D eigenvalue weighted by molar-refractivity contribution is 5.80. The number of benzene rings is 1. The second-order valence-corrected chi connectivity index (χ2v) is 4.07. The first kappa shape index (κ1) is 12.6. The Hall–Kier alpha value is -1.51. The van der Waals surface area contributed by atoms with Crippen LogP contribution in [0.4, 0.5) is 0 Å². The molecule has 0 fully saturated rings. The van der Waals surface area contributed by atoms with E-state index >= 15 is 0 Å². The van der Waals surface area contributed by atoms with E-state index < -0.39 is 6.10 Å². The Labute approximate surface area is 96.8 Å². The molecule has 3 nitrogen and oxygen atoms in total. The van der Waals surface area contributed by atoms with Gasteiger partial charge >= 0.3 is 0 Å². The third kappa shape index (κ3) is 2.99. The van der Waals surface area contributed by atoms with Crippen LogP contribution in [0.1, 0.15) is 32.3 Å². The largest absolute Gasteiger partial charge is 0.481 e. The van der Waals surface area contributed by atoms with E-state index in [1.807, 2.05) is 24.3 Å². The van der Waals surface area contributed by atoms with E-state index in [-0.39, 0.29) is 5.91 Å². The molecule has 1 rings (SSSR count). The van der Waals surface area contributed by atoms with Gasteiger partial charge in [-0.1, -0.05) is 32.0 Å². The minimum absolute atomic E-state index is 0.112. The number of ether oxygens (including phenoxy) is 1. The summed E-state index contributed by atoms with van der Waals surface area (Å²) in [5, 5.41) is 2.57. The van der Waals surface area contributed by atoms with Crippen LogP contribution in [0, 0.1) is 0 Å². The Morgan fingerprint density at radius 1 is 1.25 bits per heavy atom. The fraction of sp³-hybridized carbons (Fsp3) is 0.462. The number of nitrogens with one attached hydrogen (secondary N) is 1. The van der Waals surface area contributed by atoms with Crippen LogP contribution in [-0.2, 0) is 4.79 Å². The lowest BCUT2D eigenvalue weighted by Crippen LogP contribution is -2.33. The number of rotatable bonds is 4. The fourth-order valence-corrected chi connectivity index (χ4v) is 1.51. The van der Waals surface area contributed by atoms with Gasteiger partial charge in [0.05, 0.1) is 0 Å². The first-order valence-electron chi connectivity index (χ1n) is 5.53. The zero-order chi connectivity index (χ0) is 12.1. The summed E-state index contributed by atoms with van der Waals surface area (Å²) in [6.45, 7) is 5.95.